The third-order valence-electron chi connectivity index (χ3n) is 2.95. The summed E-state index contributed by atoms with van der Waals surface area (Å²) in [5, 5.41) is 18.9. The molecule has 0 spiro atoms. The number of hydrogen-bond donors (Lipinski definition) is 2. The molecule has 0 atom stereocenters. The van der Waals surface area contributed by atoms with Gasteiger partial charge in [0.25, 0.3) is 0 Å². The first-order valence-corrected chi connectivity index (χ1v) is 5.66. The van der Waals surface area contributed by atoms with Gasteiger partial charge in [0, 0.05) is 11.8 Å². The van der Waals surface area contributed by atoms with Gasteiger partial charge in [-0.15, -0.1) is 0 Å². The molecule has 0 unspecified atom stereocenters. The van der Waals surface area contributed by atoms with Crippen LogP contribution in [0.25, 0.3) is 16.9 Å². The summed E-state index contributed by atoms with van der Waals surface area (Å²) >= 11 is 0. The molecule has 0 aliphatic carbocycles. The van der Waals surface area contributed by atoms with Crippen molar-refractivity contribution in [3.05, 3.63) is 54.4 Å². The molecule has 0 saturated heterocycles. The number of pyridine rings is 1. The Morgan fingerprint density at radius 3 is 2.74 bits per heavy atom. The van der Waals surface area contributed by atoms with Crippen LogP contribution in [-0.4, -0.2) is 25.6 Å². The molecular formula is C14H10N2O3. The number of aromatic carboxylic acids is 1. The molecular weight excluding hydrogens is 244 g/mol. The van der Waals surface area contributed by atoms with Gasteiger partial charge in [-0.05, 0) is 18.2 Å². The molecule has 0 saturated carbocycles. The standard InChI is InChI=1S/C14H10N2O3/c17-12-6-3-7-16-11(12)8-15-13(16)9-4-1-2-5-10(9)14(18)19/h1-8,17H,(H,18,19). The lowest BCUT2D eigenvalue weighted by Crippen LogP contribution is -2.01. The van der Waals surface area contributed by atoms with Crippen molar-refractivity contribution in [3.8, 4) is 17.1 Å². The maximum Gasteiger partial charge on any atom is 0.336 e. The number of hydrogen-bond acceptors (Lipinski definition) is 3. The zero-order valence-electron chi connectivity index (χ0n) is 9.82. The van der Waals surface area contributed by atoms with Crippen LogP contribution >= 0.6 is 0 Å². The van der Waals surface area contributed by atoms with Gasteiger partial charge < -0.3 is 10.2 Å². The second kappa shape index (κ2) is 4.13. The van der Waals surface area contributed by atoms with Crippen LogP contribution in [0.1, 0.15) is 10.4 Å². The molecule has 2 heterocycles. The Balaban J connectivity index is 2.32. The van der Waals surface area contributed by atoms with Crippen LogP contribution in [0.15, 0.2) is 48.8 Å². The zero-order chi connectivity index (χ0) is 13.4. The number of rotatable bonds is 2. The molecule has 0 fully saturated rings. The Hall–Kier alpha value is -2.82. The minimum absolute atomic E-state index is 0.106. The predicted molar refractivity (Wildman–Crippen MR) is 69.3 cm³/mol. The first kappa shape index (κ1) is 11.3. The van der Waals surface area contributed by atoms with E-state index < -0.39 is 5.97 Å². The van der Waals surface area contributed by atoms with Crippen LogP contribution in [0.5, 0.6) is 5.75 Å². The van der Waals surface area contributed by atoms with Gasteiger partial charge in [0.05, 0.1) is 11.8 Å². The number of carboxylic acid groups (broad SMARTS) is 1. The third-order valence-corrected chi connectivity index (χ3v) is 2.95. The van der Waals surface area contributed by atoms with Gasteiger partial charge in [-0.25, -0.2) is 9.78 Å². The Bertz CT molecular complexity index is 777. The van der Waals surface area contributed by atoms with Crippen molar-refractivity contribution >= 4 is 11.5 Å². The Morgan fingerprint density at radius 1 is 1.16 bits per heavy atom. The van der Waals surface area contributed by atoms with Gasteiger partial charge in [0.1, 0.15) is 17.1 Å². The Kier molecular flexibility index (Phi) is 2.45. The lowest BCUT2D eigenvalue weighted by Gasteiger charge is -2.05. The minimum Gasteiger partial charge on any atom is -0.506 e. The minimum atomic E-state index is -1.01. The lowest BCUT2D eigenvalue weighted by atomic mass is 10.1. The first-order chi connectivity index (χ1) is 9.18. The first-order valence-electron chi connectivity index (χ1n) is 5.66. The van der Waals surface area contributed by atoms with E-state index in [9.17, 15) is 15.0 Å². The number of carbonyl (C=O) groups is 1. The number of aromatic nitrogens is 2. The van der Waals surface area contributed by atoms with Crippen molar-refractivity contribution in [2.75, 3.05) is 0 Å². The van der Waals surface area contributed by atoms with Gasteiger partial charge >= 0.3 is 5.97 Å². The van der Waals surface area contributed by atoms with Crippen LogP contribution < -0.4 is 0 Å². The van der Waals surface area contributed by atoms with Gasteiger partial charge in [0.2, 0.25) is 0 Å². The van der Waals surface area contributed by atoms with Crippen LogP contribution in [0.3, 0.4) is 0 Å². The third kappa shape index (κ3) is 1.72. The van der Waals surface area contributed by atoms with E-state index in [1.54, 1.807) is 40.9 Å². The molecule has 5 nitrogen and oxygen atoms in total. The summed E-state index contributed by atoms with van der Waals surface area (Å²) in [6.45, 7) is 0. The SMILES string of the molecule is O=C(O)c1ccccc1-c1ncc2c(O)cccn12. The number of nitrogens with zero attached hydrogens (tertiary/aromatic N) is 2. The molecule has 2 N–H and O–H groups in total. The summed E-state index contributed by atoms with van der Waals surface area (Å²) < 4.78 is 1.66. The fourth-order valence-electron chi connectivity index (χ4n) is 2.07. The van der Waals surface area contributed by atoms with Crippen molar-refractivity contribution < 1.29 is 15.0 Å². The highest BCUT2D eigenvalue weighted by molar-refractivity contribution is 5.95. The fraction of sp³-hybridized carbons (Fsp3) is 0. The normalized spacial score (nSPS) is 10.7. The molecule has 19 heavy (non-hydrogen) atoms. The van der Waals surface area contributed by atoms with E-state index in [0.29, 0.717) is 16.9 Å². The Morgan fingerprint density at radius 2 is 1.95 bits per heavy atom. The number of benzene rings is 1. The molecule has 0 amide bonds. The van der Waals surface area contributed by atoms with Crippen molar-refractivity contribution in [1.82, 2.24) is 9.38 Å². The molecule has 0 radical (unpaired) electrons. The summed E-state index contributed by atoms with van der Waals surface area (Å²) in [4.78, 5) is 15.4. The number of imidazole rings is 1. The highest BCUT2D eigenvalue weighted by Gasteiger charge is 2.15. The number of aromatic hydroxyl groups is 1. The molecule has 1 aromatic carbocycles. The van der Waals surface area contributed by atoms with E-state index in [1.807, 2.05) is 0 Å². The smallest absolute Gasteiger partial charge is 0.336 e. The largest absolute Gasteiger partial charge is 0.506 e. The molecule has 5 heteroatoms. The molecule has 2 aromatic heterocycles. The summed E-state index contributed by atoms with van der Waals surface area (Å²) in [7, 11) is 0. The summed E-state index contributed by atoms with van der Waals surface area (Å²) in [5.74, 6) is -0.412. The van der Waals surface area contributed by atoms with Crippen LogP contribution in [0.2, 0.25) is 0 Å². The van der Waals surface area contributed by atoms with E-state index in [1.165, 1.54) is 12.3 Å². The van der Waals surface area contributed by atoms with Crippen molar-refractivity contribution in [2.24, 2.45) is 0 Å². The molecule has 94 valence electrons. The highest BCUT2D eigenvalue weighted by atomic mass is 16.4. The maximum atomic E-state index is 11.2. The van der Waals surface area contributed by atoms with E-state index >= 15 is 0 Å². The zero-order valence-corrected chi connectivity index (χ0v) is 9.82. The average Bonchev–Trinajstić information content (AvgIpc) is 2.84. The van der Waals surface area contributed by atoms with Crippen LogP contribution in [0, 0.1) is 0 Å². The number of fused-ring (bicyclic) bond motifs is 1. The van der Waals surface area contributed by atoms with Gasteiger partial charge in [0.15, 0.2) is 0 Å². The monoisotopic (exact) mass is 254 g/mol. The second-order valence-corrected chi connectivity index (χ2v) is 4.08. The topological polar surface area (TPSA) is 74.8 Å². The predicted octanol–water partition coefficient (Wildman–Crippen LogP) is 2.41. The molecule has 0 aliphatic rings. The van der Waals surface area contributed by atoms with E-state index in [0.717, 1.165) is 0 Å². The quantitative estimate of drug-likeness (QED) is 0.736. The van der Waals surface area contributed by atoms with Gasteiger partial charge in [-0.3, -0.25) is 4.40 Å². The summed E-state index contributed by atoms with van der Waals surface area (Å²) in [6, 6.07) is 9.89. The van der Waals surface area contributed by atoms with Crippen molar-refractivity contribution in [2.45, 2.75) is 0 Å². The molecule has 0 bridgehead atoms. The second-order valence-electron chi connectivity index (χ2n) is 4.08. The fourth-order valence-corrected chi connectivity index (χ4v) is 2.07. The van der Waals surface area contributed by atoms with E-state index in [4.69, 9.17) is 0 Å². The highest BCUT2D eigenvalue weighted by Crippen LogP contribution is 2.27. The Labute approximate surface area is 108 Å². The van der Waals surface area contributed by atoms with Crippen molar-refractivity contribution in [3.63, 3.8) is 0 Å². The lowest BCUT2D eigenvalue weighted by molar-refractivity contribution is 0.0697. The summed E-state index contributed by atoms with van der Waals surface area (Å²) in [6.07, 6.45) is 3.25. The summed E-state index contributed by atoms with van der Waals surface area (Å²) in [5.41, 5.74) is 1.23. The molecule has 3 aromatic rings. The van der Waals surface area contributed by atoms with Crippen LogP contribution in [0.4, 0.5) is 0 Å². The van der Waals surface area contributed by atoms with E-state index in [2.05, 4.69) is 4.98 Å². The average molecular weight is 254 g/mol. The van der Waals surface area contributed by atoms with Gasteiger partial charge in [-0.2, -0.15) is 0 Å². The molecule has 0 aliphatic heterocycles. The van der Waals surface area contributed by atoms with Gasteiger partial charge in [-0.1, -0.05) is 18.2 Å². The van der Waals surface area contributed by atoms with E-state index in [-0.39, 0.29) is 11.3 Å². The van der Waals surface area contributed by atoms with Crippen LogP contribution in [-0.2, 0) is 0 Å². The van der Waals surface area contributed by atoms with Crippen molar-refractivity contribution in [1.29, 1.82) is 0 Å². The number of carboxylic acids is 1. The maximum absolute atomic E-state index is 11.2. The molecule has 3 rings (SSSR count).